The molecule has 0 bridgehead atoms. The van der Waals surface area contributed by atoms with Crippen LogP contribution >= 0.6 is 0 Å². The molecule has 0 radical (unpaired) electrons. The molecule has 0 saturated carbocycles. The van der Waals surface area contributed by atoms with Crippen molar-refractivity contribution in [2.45, 2.75) is 19.4 Å². The molecule has 3 rings (SSSR count). The van der Waals surface area contributed by atoms with Gasteiger partial charge in [-0.05, 0) is 35.4 Å². The van der Waals surface area contributed by atoms with Crippen molar-refractivity contribution in [2.24, 2.45) is 0 Å². The van der Waals surface area contributed by atoms with Crippen LogP contribution < -0.4 is 15.4 Å². The summed E-state index contributed by atoms with van der Waals surface area (Å²) in [5, 5.41) is 5.56. The fourth-order valence-electron chi connectivity index (χ4n) is 2.47. The lowest BCUT2D eigenvalue weighted by Crippen LogP contribution is -2.24. The maximum Gasteiger partial charge on any atom is 0.227 e. The Kier molecular flexibility index (Phi) is 4.74. The van der Waals surface area contributed by atoms with Crippen molar-refractivity contribution in [3.63, 3.8) is 0 Å². The van der Waals surface area contributed by atoms with E-state index in [1.807, 2.05) is 6.07 Å². The number of anilines is 1. The van der Waals surface area contributed by atoms with Crippen molar-refractivity contribution in [1.29, 1.82) is 0 Å². The Balaban J connectivity index is 1.60. The lowest BCUT2D eigenvalue weighted by Gasteiger charge is -2.10. The molecule has 0 atom stereocenters. The third-order valence-corrected chi connectivity index (χ3v) is 3.65. The Hall–Kier alpha value is -2.89. The molecule has 2 N–H and O–H groups in total. The van der Waals surface area contributed by atoms with Crippen LogP contribution in [0.4, 0.5) is 10.1 Å². The molecule has 24 heavy (non-hydrogen) atoms. The van der Waals surface area contributed by atoms with E-state index in [9.17, 15) is 14.0 Å². The minimum Gasteiger partial charge on any atom is -0.491 e. The largest absolute Gasteiger partial charge is 0.491 e. The summed E-state index contributed by atoms with van der Waals surface area (Å²) in [6.45, 7) is 0.667. The van der Waals surface area contributed by atoms with Crippen LogP contribution in [0.3, 0.4) is 0 Å². The van der Waals surface area contributed by atoms with Crippen LogP contribution in [-0.4, -0.2) is 18.4 Å². The van der Waals surface area contributed by atoms with Gasteiger partial charge in [-0.3, -0.25) is 9.59 Å². The van der Waals surface area contributed by atoms with Crippen molar-refractivity contribution in [2.75, 3.05) is 11.9 Å². The first-order valence-electron chi connectivity index (χ1n) is 7.67. The van der Waals surface area contributed by atoms with Gasteiger partial charge in [-0.2, -0.15) is 0 Å². The van der Waals surface area contributed by atoms with Gasteiger partial charge in [-0.25, -0.2) is 4.39 Å². The van der Waals surface area contributed by atoms with Crippen molar-refractivity contribution in [3.8, 4) is 5.75 Å². The number of halogens is 1. The molecule has 2 amide bonds. The molecule has 2 aromatic carbocycles. The van der Waals surface area contributed by atoms with E-state index in [4.69, 9.17) is 4.74 Å². The number of ether oxygens (including phenoxy) is 1. The standard InChI is InChI=1S/C18H17FN2O3/c19-14-3-1-2-12(8-14)10-18(23)20-11-13-4-5-16-15(9-13)21-17(22)6-7-24-16/h1-5,8-9H,6-7,10-11H2,(H,20,23)(H,21,22). The monoisotopic (exact) mass is 328 g/mol. The summed E-state index contributed by atoms with van der Waals surface area (Å²) in [6, 6.07) is 11.3. The van der Waals surface area contributed by atoms with Gasteiger partial charge in [0.25, 0.3) is 0 Å². The normalized spacial score (nSPS) is 13.3. The zero-order valence-electron chi connectivity index (χ0n) is 13.0. The molecule has 0 fully saturated rings. The maximum atomic E-state index is 13.1. The summed E-state index contributed by atoms with van der Waals surface area (Å²) in [4.78, 5) is 23.5. The van der Waals surface area contributed by atoms with Crippen LogP contribution in [-0.2, 0) is 22.6 Å². The third kappa shape index (κ3) is 4.10. The van der Waals surface area contributed by atoms with E-state index in [1.54, 1.807) is 24.3 Å². The number of amides is 2. The van der Waals surface area contributed by atoms with Crippen LogP contribution in [0.25, 0.3) is 0 Å². The van der Waals surface area contributed by atoms with Crippen LogP contribution in [0.5, 0.6) is 5.75 Å². The Morgan fingerprint density at radius 1 is 1.21 bits per heavy atom. The molecule has 6 heteroatoms. The highest BCUT2D eigenvalue weighted by Gasteiger charge is 2.14. The summed E-state index contributed by atoms with van der Waals surface area (Å²) in [6.07, 6.45) is 0.428. The highest BCUT2D eigenvalue weighted by molar-refractivity contribution is 5.93. The third-order valence-electron chi connectivity index (χ3n) is 3.65. The van der Waals surface area contributed by atoms with Crippen molar-refractivity contribution < 1.29 is 18.7 Å². The Bertz CT molecular complexity index is 777. The minimum absolute atomic E-state index is 0.0963. The van der Waals surface area contributed by atoms with Crippen LogP contribution in [0, 0.1) is 5.82 Å². The topological polar surface area (TPSA) is 67.4 Å². The van der Waals surface area contributed by atoms with Gasteiger partial charge in [-0.1, -0.05) is 18.2 Å². The Morgan fingerprint density at radius 3 is 2.92 bits per heavy atom. The fraction of sp³-hybridized carbons (Fsp3) is 0.222. The van der Waals surface area contributed by atoms with Crippen LogP contribution in [0.2, 0.25) is 0 Å². The fourth-order valence-corrected chi connectivity index (χ4v) is 2.47. The van der Waals surface area contributed by atoms with Gasteiger partial charge in [0.1, 0.15) is 11.6 Å². The van der Waals surface area contributed by atoms with Crippen molar-refractivity contribution in [3.05, 3.63) is 59.4 Å². The van der Waals surface area contributed by atoms with E-state index in [-0.39, 0.29) is 24.1 Å². The number of nitrogens with one attached hydrogen (secondary N) is 2. The number of rotatable bonds is 4. The predicted molar refractivity (Wildman–Crippen MR) is 87.1 cm³/mol. The second-order valence-corrected chi connectivity index (χ2v) is 5.56. The van der Waals surface area contributed by atoms with Gasteiger partial charge in [0.2, 0.25) is 11.8 Å². The minimum atomic E-state index is -0.359. The Morgan fingerprint density at radius 2 is 2.08 bits per heavy atom. The second kappa shape index (κ2) is 7.12. The average Bonchev–Trinajstić information content (AvgIpc) is 2.73. The molecule has 0 saturated heterocycles. The number of fused-ring (bicyclic) bond motifs is 1. The molecule has 0 spiro atoms. The van der Waals surface area contributed by atoms with Crippen molar-refractivity contribution in [1.82, 2.24) is 5.32 Å². The molecule has 0 aliphatic carbocycles. The quantitative estimate of drug-likeness (QED) is 0.906. The van der Waals surface area contributed by atoms with Gasteiger partial charge >= 0.3 is 0 Å². The van der Waals surface area contributed by atoms with Crippen LogP contribution in [0.15, 0.2) is 42.5 Å². The number of benzene rings is 2. The molecule has 0 unspecified atom stereocenters. The second-order valence-electron chi connectivity index (χ2n) is 5.56. The molecular formula is C18H17FN2O3. The summed E-state index contributed by atoms with van der Waals surface area (Å²) in [7, 11) is 0. The van der Waals surface area contributed by atoms with Gasteiger partial charge in [-0.15, -0.1) is 0 Å². The number of hydrogen-bond acceptors (Lipinski definition) is 3. The number of carbonyl (C=O) groups is 2. The lowest BCUT2D eigenvalue weighted by atomic mass is 10.1. The Labute approximate surface area is 138 Å². The summed E-state index contributed by atoms with van der Waals surface area (Å²) in [5.41, 5.74) is 2.07. The van der Waals surface area contributed by atoms with Crippen LogP contribution in [0.1, 0.15) is 17.5 Å². The van der Waals surface area contributed by atoms with E-state index < -0.39 is 0 Å². The first-order valence-corrected chi connectivity index (χ1v) is 7.67. The summed E-state index contributed by atoms with van der Waals surface area (Å²) < 4.78 is 18.6. The molecular weight excluding hydrogens is 311 g/mol. The number of hydrogen-bond donors (Lipinski definition) is 2. The highest BCUT2D eigenvalue weighted by Crippen LogP contribution is 2.28. The van der Waals surface area contributed by atoms with E-state index in [1.165, 1.54) is 12.1 Å². The van der Waals surface area contributed by atoms with Gasteiger partial charge in [0.15, 0.2) is 0 Å². The first-order chi connectivity index (χ1) is 11.6. The van der Waals surface area contributed by atoms with Gasteiger partial charge < -0.3 is 15.4 Å². The zero-order chi connectivity index (χ0) is 16.9. The van der Waals surface area contributed by atoms with E-state index >= 15 is 0 Å². The molecule has 1 aliphatic heterocycles. The van der Waals surface area contributed by atoms with Gasteiger partial charge in [0.05, 0.1) is 25.1 Å². The van der Waals surface area contributed by atoms with Gasteiger partial charge in [0, 0.05) is 6.54 Å². The maximum absolute atomic E-state index is 13.1. The molecule has 1 heterocycles. The molecule has 5 nitrogen and oxygen atoms in total. The zero-order valence-corrected chi connectivity index (χ0v) is 13.0. The molecule has 2 aromatic rings. The van der Waals surface area contributed by atoms with E-state index in [0.29, 0.717) is 36.6 Å². The predicted octanol–water partition coefficient (Wildman–Crippen LogP) is 2.41. The van der Waals surface area contributed by atoms with E-state index in [2.05, 4.69) is 10.6 Å². The molecule has 124 valence electrons. The molecule has 1 aliphatic rings. The molecule has 0 aromatic heterocycles. The summed E-state index contributed by atoms with van der Waals surface area (Å²) in [5.74, 6) is -0.0330. The first kappa shape index (κ1) is 16.0. The summed E-state index contributed by atoms with van der Waals surface area (Å²) >= 11 is 0. The SMILES string of the molecule is O=C(Cc1cccc(F)c1)NCc1ccc2c(c1)NC(=O)CCO2. The average molecular weight is 328 g/mol. The lowest BCUT2D eigenvalue weighted by molar-refractivity contribution is -0.120. The number of carbonyl (C=O) groups excluding carboxylic acids is 2. The smallest absolute Gasteiger partial charge is 0.227 e. The van der Waals surface area contributed by atoms with Crippen molar-refractivity contribution >= 4 is 17.5 Å². The van der Waals surface area contributed by atoms with E-state index in [0.717, 1.165) is 5.56 Å². The highest BCUT2D eigenvalue weighted by atomic mass is 19.1.